The van der Waals surface area contributed by atoms with Crippen LogP contribution in [-0.2, 0) is 9.59 Å². The summed E-state index contributed by atoms with van der Waals surface area (Å²) >= 11 is 1.47. The monoisotopic (exact) mass is 392 g/mol. The van der Waals surface area contributed by atoms with Crippen LogP contribution < -0.4 is 4.90 Å². The van der Waals surface area contributed by atoms with E-state index >= 15 is 0 Å². The van der Waals surface area contributed by atoms with E-state index in [1.165, 1.54) is 28.8 Å². The van der Waals surface area contributed by atoms with Gasteiger partial charge in [0.1, 0.15) is 0 Å². The summed E-state index contributed by atoms with van der Waals surface area (Å²) in [5, 5.41) is 10.7. The molecule has 2 fully saturated rings. The molecular formula is C21H16N2O4S. The molecule has 2 amide bonds. The lowest BCUT2D eigenvalue weighted by Gasteiger charge is -2.17. The van der Waals surface area contributed by atoms with Crippen molar-refractivity contribution in [2.75, 3.05) is 4.90 Å². The summed E-state index contributed by atoms with van der Waals surface area (Å²) < 4.78 is 0. The molecule has 4 atom stereocenters. The minimum atomic E-state index is -0.426. The van der Waals surface area contributed by atoms with Crippen molar-refractivity contribution >= 4 is 35.0 Å². The molecule has 6 nitrogen and oxygen atoms in total. The fourth-order valence-corrected chi connectivity index (χ4v) is 5.41. The summed E-state index contributed by atoms with van der Waals surface area (Å²) in [6, 6.07) is 13.7. The van der Waals surface area contributed by atoms with E-state index < -0.39 is 4.92 Å². The molecule has 3 aliphatic rings. The highest BCUT2D eigenvalue weighted by molar-refractivity contribution is 7.99. The van der Waals surface area contributed by atoms with Gasteiger partial charge in [0.2, 0.25) is 11.8 Å². The quantitative estimate of drug-likeness (QED) is 0.339. The van der Waals surface area contributed by atoms with E-state index in [0.717, 1.165) is 16.2 Å². The van der Waals surface area contributed by atoms with Gasteiger partial charge in [-0.25, -0.2) is 0 Å². The normalized spacial score (nSPS) is 27.5. The van der Waals surface area contributed by atoms with Gasteiger partial charge in [-0.05, 0) is 54.7 Å². The van der Waals surface area contributed by atoms with E-state index in [2.05, 4.69) is 12.2 Å². The Bertz CT molecular complexity index is 986. The fraction of sp³-hybridized carbons (Fsp3) is 0.238. The van der Waals surface area contributed by atoms with Crippen LogP contribution in [0.1, 0.15) is 6.42 Å². The number of amides is 2. The molecule has 2 aliphatic carbocycles. The van der Waals surface area contributed by atoms with Crippen molar-refractivity contribution in [2.45, 2.75) is 16.2 Å². The molecule has 1 aliphatic heterocycles. The number of non-ortho nitro benzene ring substituents is 1. The molecule has 1 heterocycles. The second-order valence-corrected chi connectivity index (χ2v) is 8.51. The molecule has 0 radical (unpaired) electrons. The number of allylic oxidation sites excluding steroid dienone is 2. The number of nitro benzene ring substituents is 1. The van der Waals surface area contributed by atoms with Gasteiger partial charge in [-0.3, -0.25) is 24.6 Å². The summed E-state index contributed by atoms with van der Waals surface area (Å²) in [4.78, 5) is 39.2. The summed E-state index contributed by atoms with van der Waals surface area (Å²) in [7, 11) is 0. The predicted octanol–water partition coefficient (Wildman–Crippen LogP) is 4.06. The lowest BCUT2D eigenvalue weighted by Crippen LogP contribution is -2.32. The first-order chi connectivity index (χ1) is 13.5. The summed E-state index contributed by atoms with van der Waals surface area (Å²) in [6.45, 7) is 0. The van der Waals surface area contributed by atoms with Gasteiger partial charge in [0.15, 0.2) is 0 Å². The SMILES string of the molecule is O=C1[C@@H]2[C@@H](C(=O)N1c1ccc(Sc3ccc([N+](=O)[O-])cc3)cc1)[C@H]1C=C[C@@H]2C1. The third kappa shape index (κ3) is 2.57. The number of nitro groups is 1. The van der Waals surface area contributed by atoms with Gasteiger partial charge in [0.05, 0.1) is 22.4 Å². The van der Waals surface area contributed by atoms with Crippen molar-refractivity contribution < 1.29 is 14.5 Å². The van der Waals surface area contributed by atoms with Crippen LogP contribution >= 0.6 is 11.8 Å². The molecule has 2 aromatic rings. The number of fused-ring (bicyclic) bond motifs is 5. The number of imide groups is 1. The lowest BCUT2D eigenvalue weighted by atomic mass is 9.85. The third-order valence-electron chi connectivity index (χ3n) is 5.85. The summed E-state index contributed by atoms with van der Waals surface area (Å²) in [5.74, 6) is -0.152. The van der Waals surface area contributed by atoms with Crippen molar-refractivity contribution in [3.05, 3.63) is 70.8 Å². The first kappa shape index (κ1) is 17.2. The van der Waals surface area contributed by atoms with Crippen LogP contribution in [0.2, 0.25) is 0 Å². The maximum atomic E-state index is 12.9. The van der Waals surface area contributed by atoms with Crippen LogP contribution in [0, 0.1) is 33.8 Å². The van der Waals surface area contributed by atoms with Gasteiger partial charge >= 0.3 is 0 Å². The number of benzene rings is 2. The Balaban J connectivity index is 1.34. The molecule has 5 rings (SSSR count). The van der Waals surface area contributed by atoms with Crippen molar-refractivity contribution in [1.82, 2.24) is 0 Å². The van der Waals surface area contributed by atoms with E-state index in [4.69, 9.17) is 0 Å². The van der Waals surface area contributed by atoms with Crippen LogP contribution in [0.25, 0.3) is 0 Å². The van der Waals surface area contributed by atoms with E-state index in [-0.39, 0.29) is 41.2 Å². The molecule has 1 saturated carbocycles. The molecule has 0 N–H and O–H groups in total. The zero-order valence-electron chi connectivity index (χ0n) is 14.7. The molecule has 2 bridgehead atoms. The van der Waals surface area contributed by atoms with E-state index in [9.17, 15) is 19.7 Å². The first-order valence-electron chi connectivity index (χ1n) is 9.11. The number of carbonyl (C=O) groups excluding carboxylic acids is 2. The third-order valence-corrected chi connectivity index (χ3v) is 6.86. The molecule has 0 aromatic heterocycles. The van der Waals surface area contributed by atoms with Gasteiger partial charge < -0.3 is 0 Å². The fourth-order valence-electron chi connectivity index (χ4n) is 4.59. The summed E-state index contributed by atoms with van der Waals surface area (Å²) in [5.41, 5.74) is 0.664. The number of anilines is 1. The highest BCUT2D eigenvalue weighted by Crippen LogP contribution is 2.53. The number of hydrogen-bond acceptors (Lipinski definition) is 5. The van der Waals surface area contributed by atoms with E-state index in [0.29, 0.717) is 5.69 Å². The van der Waals surface area contributed by atoms with E-state index in [1.807, 2.05) is 12.1 Å². The Labute approximate surface area is 165 Å². The highest BCUT2D eigenvalue weighted by atomic mass is 32.2. The smallest absolute Gasteiger partial charge is 0.269 e. The first-order valence-corrected chi connectivity index (χ1v) is 9.93. The Morgan fingerprint density at radius 2 is 1.36 bits per heavy atom. The molecule has 7 heteroatoms. The van der Waals surface area contributed by atoms with Crippen LogP contribution in [-0.4, -0.2) is 16.7 Å². The number of hydrogen-bond donors (Lipinski definition) is 0. The second kappa shape index (κ2) is 6.31. The molecule has 1 saturated heterocycles. The Kier molecular flexibility index (Phi) is 3.87. The predicted molar refractivity (Wildman–Crippen MR) is 104 cm³/mol. The van der Waals surface area contributed by atoms with Crippen LogP contribution in [0.3, 0.4) is 0 Å². The maximum absolute atomic E-state index is 12.9. The maximum Gasteiger partial charge on any atom is 0.269 e. The highest BCUT2D eigenvalue weighted by Gasteiger charge is 2.59. The number of nitrogens with zero attached hydrogens (tertiary/aromatic N) is 2. The molecule has 2 aromatic carbocycles. The van der Waals surface area contributed by atoms with Gasteiger partial charge in [0.25, 0.3) is 5.69 Å². The van der Waals surface area contributed by atoms with Gasteiger partial charge in [-0.2, -0.15) is 0 Å². The van der Waals surface area contributed by atoms with Crippen molar-refractivity contribution in [2.24, 2.45) is 23.7 Å². The molecule has 140 valence electrons. The standard InChI is InChI=1S/C21H16N2O4S/c24-20-18-12-1-2-13(11-12)19(18)21(25)22(20)14-3-7-16(8-4-14)28-17-9-5-15(6-10-17)23(26)27/h1-10,12-13,18-19H,11H2/t12-,13+,18-,19-/m0/s1. The average molecular weight is 392 g/mol. The average Bonchev–Trinajstić information content (AvgIpc) is 3.37. The van der Waals surface area contributed by atoms with Crippen molar-refractivity contribution in [3.8, 4) is 0 Å². The Morgan fingerprint density at radius 1 is 0.857 bits per heavy atom. The minimum absolute atomic E-state index is 0.0553. The largest absolute Gasteiger partial charge is 0.274 e. The van der Waals surface area contributed by atoms with Crippen molar-refractivity contribution in [1.29, 1.82) is 0 Å². The van der Waals surface area contributed by atoms with E-state index in [1.54, 1.807) is 24.3 Å². The number of carbonyl (C=O) groups is 2. The van der Waals surface area contributed by atoms with Gasteiger partial charge in [-0.1, -0.05) is 23.9 Å². The number of rotatable bonds is 4. The molecule has 0 unspecified atom stereocenters. The van der Waals surface area contributed by atoms with Crippen LogP contribution in [0.15, 0.2) is 70.5 Å². The van der Waals surface area contributed by atoms with Crippen molar-refractivity contribution in [3.63, 3.8) is 0 Å². The second-order valence-electron chi connectivity index (χ2n) is 7.36. The molecule has 0 spiro atoms. The van der Waals surface area contributed by atoms with Crippen LogP contribution in [0.5, 0.6) is 0 Å². The molecular weight excluding hydrogens is 376 g/mol. The minimum Gasteiger partial charge on any atom is -0.274 e. The molecule has 28 heavy (non-hydrogen) atoms. The van der Waals surface area contributed by atoms with Gasteiger partial charge in [0, 0.05) is 21.9 Å². The van der Waals surface area contributed by atoms with Gasteiger partial charge in [-0.15, -0.1) is 0 Å². The topological polar surface area (TPSA) is 80.5 Å². The Morgan fingerprint density at radius 3 is 1.86 bits per heavy atom. The summed E-state index contributed by atoms with van der Waals surface area (Å²) in [6.07, 6.45) is 5.10. The zero-order chi connectivity index (χ0) is 19.4. The lowest BCUT2D eigenvalue weighted by molar-refractivity contribution is -0.384. The van der Waals surface area contributed by atoms with Crippen LogP contribution in [0.4, 0.5) is 11.4 Å². The zero-order valence-corrected chi connectivity index (χ0v) is 15.5. The Hall–Kier alpha value is -2.93.